The van der Waals surface area contributed by atoms with E-state index in [1.807, 2.05) is 4.90 Å². The molecule has 7 heteroatoms. The summed E-state index contributed by atoms with van der Waals surface area (Å²) in [5.41, 5.74) is 3.27. The maximum atomic E-state index is 11.5. The van der Waals surface area contributed by atoms with Crippen LogP contribution in [0.3, 0.4) is 0 Å². The number of amides is 1. The van der Waals surface area contributed by atoms with Crippen LogP contribution in [0.2, 0.25) is 0 Å². The van der Waals surface area contributed by atoms with Gasteiger partial charge in [0.25, 0.3) is 5.91 Å². The number of nitrogens with one attached hydrogen (secondary N) is 1. The van der Waals surface area contributed by atoms with E-state index in [2.05, 4.69) is 15.7 Å². The molecule has 2 N–H and O–H groups in total. The quantitative estimate of drug-likeness (QED) is 0.401. The lowest BCUT2D eigenvalue weighted by Gasteiger charge is -2.25. The van der Waals surface area contributed by atoms with E-state index < -0.39 is 0 Å². The van der Waals surface area contributed by atoms with Gasteiger partial charge < -0.3 is 9.94 Å². The molecule has 1 saturated heterocycles. The second kappa shape index (κ2) is 6.97. The monoisotopic (exact) mass is 242 g/mol. The molecule has 1 fully saturated rings. The first kappa shape index (κ1) is 13.6. The zero-order valence-electron chi connectivity index (χ0n) is 10.1. The van der Waals surface area contributed by atoms with Crippen molar-refractivity contribution in [2.75, 3.05) is 32.8 Å². The number of nitrogens with zero attached hydrogens (tertiary/aromatic N) is 3. The molecule has 1 rings (SSSR count). The molecule has 0 atom stereocenters. The average molecular weight is 242 g/mol. The molecule has 96 valence electrons. The Labute approximate surface area is 100 Å². The number of hydrogen-bond donors (Lipinski definition) is 2. The first-order chi connectivity index (χ1) is 8.13. The first-order valence-electron chi connectivity index (χ1n) is 5.45. The van der Waals surface area contributed by atoms with Gasteiger partial charge in [0.05, 0.1) is 31.2 Å². The van der Waals surface area contributed by atoms with Crippen molar-refractivity contribution in [3.05, 3.63) is 0 Å². The molecule has 0 radical (unpaired) electrons. The molecule has 0 unspecified atom stereocenters. The van der Waals surface area contributed by atoms with Crippen molar-refractivity contribution in [3.63, 3.8) is 0 Å². The predicted molar refractivity (Wildman–Crippen MR) is 63.4 cm³/mol. The van der Waals surface area contributed by atoms with E-state index in [0.717, 1.165) is 13.1 Å². The standard InChI is InChI=1S/C10H18N4O3/c1-8(9(2)13-16)11-12-10(15)7-14-3-5-17-6-4-14/h16H,3-7H2,1-2H3,(H,12,15)/b11-8-,13-9+. The van der Waals surface area contributed by atoms with Crippen molar-refractivity contribution < 1.29 is 14.7 Å². The van der Waals surface area contributed by atoms with Gasteiger partial charge in [-0.25, -0.2) is 5.43 Å². The minimum Gasteiger partial charge on any atom is -0.411 e. The highest BCUT2D eigenvalue weighted by Gasteiger charge is 2.13. The molecule has 0 bridgehead atoms. The van der Waals surface area contributed by atoms with Gasteiger partial charge in [0.1, 0.15) is 0 Å². The minimum absolute atomic E-state index is 0.183. The Hall–Kier alpha value is -1.47. The number of rotatable bonds is 4. The number of ether oxygens (including phenoxy) is 1. The zero-order chi connectivity index (χ0) is 12.7. The van der Waals surface area contributed by atoms with Crippen molar-refractivity contribution >= 4 is 17.3 Å². The fourth-order valence-electron chi connectivity index (χ4n) is 1.30. The largest absolute Gasteiger partial charge is 0.411 e. The summed E-state index contributed by atoms with van der Waals surface area (Å²) in [6.45, 7) is 6.39. The van der Waals surface area contributed by atoms with Gasteiger partial charge in [-0.1, -0.05) is 5.16 Å². The summed E-state index contributed by atoms with van der Waals surface area (Å²) in [4.78, 5) is 13.5. The van der Waals surface area contributed by atoms with Crippen molar-refractivity contribution in [1.29, 1.82) is 0 Å². The van der Waals surface area contributed by atoms with Crippen LogP contribution in [0.15, 0.2) is 10.3 Å². The molecule has 1 aliphatic heterocycles. The Bertz CT molecular complexity index is 322. The van der Waals surface area contributed by atoms with Gasteiger partial charge in [-0.3, -0.25) is 9.69 Å². The second-order valence-corrected chi connectivity index (χ2v) is 3.81. The van der Waals surface area contributed by atoms with E-state index in [4.69, 9.17) is 9.94 Å². The molecule has 0 saturated carbocycles. The summed E-state index contributed by atoms with van der Waals surface area (Å²) in [6.07, 6.45) is 0. The van der Waals surface area contributed by atoms with Crippen molar-refractivity contribution in [2.45, 2.75) is 13.8 Å². The van der Waals surface area contributed by atoms with Crippen molar-refractivity contribution in [2.24, 2.45) is 10.3 Å². The van der Waals surface area contributed by atoms with Crippen molar-refractivity contribution in [3.8, 4) is 0 Å². The molecule has 17 heavy (non-hydrogen) atoms. The minimum atomic E-state index is -0.183. The summed E-state index contributed by atoms with van der Waals surface area (Å²) in [5, 5.41) is 15.3. The van der Waals surface area contributed by atoms with Crippen LogP contribution in [0.4, 0.5) is 0 Å². The number of carbonyl (C=O) groups is 1. The number of hydrogen-bond acceptors (Lipinski definition) is 6. The normalized spacial score (nSPS) is 19.2. The molecule has 7 nitrogen and oxygen atoms in total. The predicted octanol–water partition coefficient (Wildman–Crippen LogP) is -0.339. The highest BCUT2D eigenvalue weighted by Crippen LogP contribution is 1.95. The van der Waals surface area contributed by atoms with Gasteiger partial charge >= 0.3 is 0 Å². The maximum absolute atomic E-state index is 11.5. The van der Waals surface area contributed by atoms with Crippen LogP contribution in [0.1, 0.15) is 13.8 Å². The maximum Gasteiger partial charge on any atom is 0.254 e. The van der Waals surface area contributed by atoms with E-state index in [1.54, 1.807) is 13.8 Å². The second-order valence-electron chi connectivity index (χ2n) is 3.81. The number of oxime groups is 1. The molecule has 0 spiro atoms. The lowest BCUT2D eigenvalue weighted by Crippen LogP contribution is -2.42. The molecular formula is C10H18N4O3. The first-order valence-corrected chi connectivity index (χ1v) is 5.45. The van der Waals surface area contributed by atoms with Crippen LogP contribution in [0.25, 0.3) is 0 Å². The van der Waals surface area contributed by atoms with Gasteiger partial charge in [-0.05, 0) is 13.8 Å². The molecular weight excluding hydrogens is 224 g/mol. The molecule has 0 aliphatic carbocycles. The van der Waals surface area contributed by atoms with E-state index >= 15 is 0 Å². The van der Waals surface area contributed by atoms with Gasteiger partial charge in [0.15, 0.2) is 0 Å². The zero-order valence-corrected chi connectivity index (χ0v) is 10.1. The fourth-order valence-corrected chi connectivity index (χ4v) is 1.30. The van der Waals surface area contributed by atoms with Gasteiger partial charge in [0.2, 0.25) is 0 Å². The van der Waals surface area contributed by atoms with Crippen molar-refractivity contribution in [1.82, 2.24) is 10.3 Å². The van der Waals surface area contributed by atoms with Crippen LogP contribution in [-0.4, -0.2) is 60.3 Å². The lowest BCUT2D eigenvalue weighted by atomic mass is 10.3. The fraction of sp³-hybridized carbons (Fsp3) is 0.700. The van der Waals surface area contributed by atoms with E-state index in [9.17, 15) is 4.79 Å². The average Bonchev–Trinajstić information content (AvgIpc) is 2.36. The third-order valence-electron chi connectivity index (χ3n) is 2.49. The lowest BCUT2D eigenvalue weighted by molar-refractivity contribution is -0.123. The molecule has 0 aromatic rings. The Morgan fingerprint density at radius 2 is 2.00 bits per heavy atom. The van der Waals surface area contributed by atoms with Crippen LogP contribution in [0.5, 0.6) is 0 Å². The van der Waals surface area contributed by atoms with Crippen LogP contribution in [0, 0.1) is 0 Å². The van der Waals surface area contributed by atoms with Gasteiger partial charge in [-0.15, -0.1) is 0 Å². The van der Waals surface area contributed by atoms with E-state index in [1.165, 1.54) is 0 Å². The number of morpholine rings is 1. The molecule has 0 aromatic heterocycles. The Kier molecular flexibility index (Phi) is 5.58. The molecule has 1 heterocycles. The number of hydrazone groups is 1. The molecule has 1 amide bonds. The summed E-state index contributed by atoms with van der Waals surface area (Å²) >= 11 is 0. The SMILES string of the molecule is CC(=N/NC(=O)CN1CCOCC1)/C(C)=N/O. The highest BCUT2D eigenvalue weighted by molar-refractivity contribution is 6.40. The third kappa shape index (κ3) is 4.92. The highest BCUT2D eigenvalue weighted by atomic mass is 16.5. The smallest absolute Gasteiger partial charge is 0.254 e. The summed E-state index contributed by atoms with van der Waals surface area (Å²) in [7, 11) is 0. The molecule has 0 aromatic carbocycles. The van der Waals surface area contributed by atoms with E-state index in [-0.39, 0.29) is 5.91 Å². The summed E-state index contributed by atoms with van der Waals surface area (Å²) in [6, 6.07) is 0. The van der Waals surface area contributed by atoms with Gasteiger partial charge in [-0.2, -0.15) is 5.10 Å². The summed E-state index contributed by atoms with van der Waals surface area (Å²) < 4.78 is 5.18. The summed E-state index contributed by atoms with van der Waals surface area (Å²) in [5.74, 6) is -0.183. The Morgan fingerprint density at radius 3 is 2.59 bits per heavy atom. The number of carbonyl (C=O) groups excluding carboxylic acids is 1. The third-order valence-corrected chi connectivity index (χ3v) is 2.49. The van der Waals surface area contributed by atoms with E-state index in [0.29, 0.717) is 31.2 Å². The van der Waals surface area contributed by atoms with Crippen LogP contribution < -0.4 is 5.43 Å². The Morgan fingerprint density at radius 1 is 1.35 bits per heavy atom. The topological polar surface area (TPSA) is 86.5 Å². The van der Waals surface area contributed by atoms with Gasteiger partial charge in [0, 0.05) is 13.1 Å². The van der Waals surface area contributed by atoms with Crippen LogP contribution >= 0.6 is 0 Å². The Balaban J connectivity index is 2.34. The van der Waals surface area contributed by atoms with Crippen LogP contribution in [-0.2, 0) is 9.53 Å². The molecule has 1 aliphatic rings.